The number of hydrogen-bond acceptors (Lipinski definition) is 9. The summed E-state index contributed by atoms with van der Waals surface area (Å²) in [6.45, 7) is 28.7. The minimum absolute atomic E-state index is 0.0842. The molecule has 40 heavy (non-hydrogen) atoms. The Morgan fingerprint density at radius 2 is 1.38 bits per heavy atom. The van der Waals surface area contributed by atoms with Crippen LogP contribution in [0.1, 0.15) is 115 Å². The molecular weight excluding hydrogens is 544 g/mol. The van der Waals surface area contributed by atoms with E-state index in [1.54, 1.807) is 0 Å². The lowest BCUT2D eigenvalue weighted by atomic mass is 10.0. The van der Waals surface area contributed by atoms with Crippen LogP contribution in [0, 0.1) is 0 Å². The summed E-state index contributed by atoms with van der Waals surface area (Å²) in [5, 5.41) is 23.0. The first-order valence-corrected chi connectivity index (χ1v) is 18.7. The van der Waals surface area contributed by atoms with Gasteiger partial charge in [0.25, 0.3) is 0 Å². The molecule has 9 nitrogen and oxygen atoms in total. The topological polar surface area (TPSA) is 112 Å². The van der Waals surface area contributed by atoms with Gasteiger partial charge >= 0.3 is 23.1 Å². The predicted octanol–water partition coefficient (Wildman–Crippen LogP) is 6.57. The van der Waals surface area contributed by atoms with E-state index in [1.807, 2.05) is 41.5 Å². The van der Waals surface area contributed by atoms with Gasteiger partial charge in [0, 0.05) is 12.6 Å². The Labute approximate surface area is 244 Å². The van der Waals surface area contributed by atoms with Gasteiger partial charge in [0.1, 0.15) is 17.3 Å². The average Bonchev–Trinajstić information content (AvgIpc) is 2.76. The maximum absolute atomic E-state index is 11.5. The number of aromatic nitrogens is 2. The lowest BCUT2D eigenvalue weighted by Crippen LogP contribution is -2.65. The van der Waals surface area contributed by atoms with Gasteiger partial charge in [0.15, 0.2) is 0 Å². The smallest absolute Gasteiger partial charge is 0.335 e. The van der Waals surface area contributed by atoms with Gasteiger partial charge in [-0.3, -0.25) is 0 Å². The molecule has 2 rings (SSSR count). The molecule has 0 radical (unpaired) electrons. The van der Waals surface area contributed by atoms with Gasteiger partial charge in [-0.15, -0.1) is 0 Å². The maximum atomic E-state index is 11.5. The van der Waals surface area contributed by atoms with Crippen LogP contribution < -0.4 is 9.47 Å². The van der Waals surface area contributed by atoms with Crippen LogP contribution in [0.4, 0.5) is 0 Å². The summed E-state index contributed by atoms with van der Waals surface area (Å²) in [7, 11) is -5.72. The molecule has 1 saturated heterocycles. The predicted molar refractivity (Wildman–Crippen MR) is 162 cm³/mol. The van der Waals surface area contributed by atoms with Gasteiger partial charge in [0.05, 0.1) is 24.4 Å². The van der Waals surface area contributed by atoms with Gasteiger partial charge in [0.2, 0.25) is 5.88 Å². The summed E-state index contributed by atoms with van der Waals surface area (Å²) in [4.78, 5) is 8.85. The van der Waals surface area contributed by atoms with Gasteiger partial charge in [-0.25, -0.2) is 4.98 Å². The third kappa shape index (κ3) is 8.48. The van der Waals surface area contributed by atoms with Crippen molar-refractivity contribution >= 4 is 17.1 Å². The lowest BCUT2D eigenvalue weighted by Gasteiger charge is -2.51. The Morgan fingerprint density at radius 1 is 0.875 bits per heavy atom. The van der Waals surface area contributed by atoms with Gasteiger partial charge in [-0.2, -0.15) is 4.98 Å². The number of ether oxygens (including phenoxy) is 2. The zero-order valence-corrected chi connectivity index (χ0v) is 29.4. The van der Waals surface area contributed by atoms with Crippen LogP contribution in [0.15, 0.2) is 6.20 Å². The third-order valence-corrected chi connectivity index (χ3v) is 17.4. The molecule has 2 heterocycles. The molecule has 0 unspecified atom stereocenters. The molecule has 0 saturated carbocycles. The number of rotatable bonds is 9. The van der Waals surface area contributed by atoms with E-state index in [0.29, 0.717) is 5.56 Å². The van der Waals surface area contributed by atoms with Crippen molar-refractivity contribution in [2.75, 3.05) is 6.61 Å². The van der Waals surface area contributed by atoms with Crippen molar-refractivity contribution in [3.63, 3.8) is 0 Å². The van der Waals surface area contributed by atoms with Gasteiger partial charge < -0.3 is 32.7 Å². The van der Waals surface area contributed by atoms with Crippen LogP contribution in [-0.2, 0) is 13.0 Å². The first-order chi connectivity index (χ1) is 18.1. The molecule has 1 aromatic heterocycles. The summed E-state index contributed by atoms with van der Waals surface area (Å²) in [6, 6.07) is 0.168. The standard InChI is InChI=1S/C29H56N2O7Si2/c1-18(2)39(19(3)4)34-17-24(33)25(37-40(38-39,20(5)6)21(7)8)15-23(32)22-16-30-27(36-29(12,13)14)31-26(22)35-28(9,10)11/h16,18-21,23-25,32-33H,15,17H2,1-14H3/t23-,24-,25+/m1/s1. The van der Waals surface area contributed by atoms with E-state index in [-0.39, 0.29) is 47.1 Å². The molecule has 2 N–H and O–H groups in total. The zero-order valence-electron chi connectivity index (χ0n) is 27.4. The third-order valence-electron chi connectivity index (χ3n) is 7.16. The number of aliphatic hydroxyl groups is 2. The fourth-order valence-corrected chi connectivity index (χ4v) is 16.4. The molecule has 1 aliphatic heterocycles. The molecule has 1 aliphatic rings. The van der Waals surface area contributed by atoms with Crippen LogP contribution in [0.3, 0.4) is 0 Å². The van der Waals surface area contributed by atoms with E-state index >= 15 is 0 Å². The lowest BCUT2D eigenvalue weighted by molar-refractivity contribution is -0.0556. The Kier molecular flexibility index (Phi) is 11.5. The normalized spacial score (nSPS) is 22.9. The SMILES string of the molecule is CC(C)[Si]1(C(C)C)OC[C@@H](O)[C@H](C[C@@H](O)c2cnc(OC(C)(C)C)nc2OC(C)(C)C)O[Si](C(C)C)(C(C)C)O1. The second kappa shape index (κ2) is 13.1. The van der Waals surface area contributed by atoms with E-state index in [1.165, 1.54) is 6.20 Å². The Bertz CT molecular complexity index is 945. The molecule has 0 aliphatic carbocycles. The molecule has 1 fully saturated rings. The quantitative estimate of drug-likeness (QED) is 0.304. The van der Waals surface area contributed by atoms with Crippen LogP contribution in [0.25, 0.3) is 0 Å². The molecule has 0 amide bonds. The summed E-state index contributed by atoms with van der Waals surface area (Å²) < 4.78 is 32.7. The van der Waals surface area contributed by atoms with E-state index in [2.05, 4.69) is 65.4 Å². The number of nitrogens with zero attached hydrogens (tertiary/aromatic N) is 2. The first kappa shape index (κ1) is 35.1. The maximum Gasteiger partial charge on any atom is 0.335 e. The summed E-state index contributed by atoms with van der Waals surface area (Å²) in [5.74, 6) is 0.240. The van der Waals surface area contributed by atoms with Crippen molar-refractivity contribution in [2.45, 2.75) is 155 Å². The first-order valence-electron chi connectivity index (χ1n) is 14.8. The highest BCUT2D eigenvalue weighted by Gasteiger charge is 2.58. The molecule has 232 valence electrons. The van der Waals surface area contributed by atoms with E-state index in [4.69, 9.17) is 22.4 Å². The van der Waals surface area contributed by atoms with Crippen LogP contribution in [0.2, 0.25) is 22.2 Å². The monoisotopic (exact) mass is 600 g/mol. The van der Waals surface area contributed by atoms with Crippen molar-refractivity contribution < 1.29 is 32.7 Å². The highest BCUT2D eigenvalue weighted by molar-refractivity contribution is 6.83. The van der Waals surface area contributed by atoms with Crippen molar-refractivity contribution in [3.05, 3.63) is 11.8 Å². The van der Waals surface area contributed by atoms with E-state index < -0.39 is 46.6 Å². The van der Waals surface area contributed by atoms with Crippen molar-refractivity contribution in [1.82, 2.24) is 9.97 Å². The fraction of sp³-hybridized carbons (Fsp3) is 0.862. The van der Waals surface area contributed by atoms with Crippen molar-refractivity contribution in [2.24, 2.45) is 0 Å². The van der Waals surface area contributed by atoms with Crippen molar-refractivity contribution in [3.8, 4) is 11.9 Å². The second-order valence-electron chi connectivity index (χ2n) is 14.3. The number of aliphatic hydroxyl groups excluding tert-OH is 2. The zero-order chi connectivity index (χ0) is 30.8. The molecule has 0 bridgehead atoms. The van der Waals surface area contributed by atoms with Crippen molar-refractivity contribution in [1.29, 1.82) is 0 Å². The molecule has 11 heteroatoms. The van der Waals surface area contributed by atoms with Crippen LogP contribution in [-0.4, -0.2) is 67.3 Å². The number of hydrogen-bond donors (Lipinski definition) is 2. The van der Waals surface area contributed by atoms with E-state index in [0.717, 1.165) is 0 Å². The Hall–Kier alpha value is -1.09. The summed E-state index contributed by atoms with van der Waals surface area (Å²) >= 11 is 0. The van der Waals surface area contributed by atoms with E-state index in [9.17, 15) is 10.2 Å². The highest BCUT2D eigenvalue weighted by atomic mass is 28.5. The fourth-order valence-electron chi connectivity index (χ4n) is 5.19. The summed E-state index contributed by atoms with van der Waals surface area (Å²) in [5.41, 5.74) is -0.105. The van der Waals surface area contributed by atoms with Crippen LogP contribution >= 0.6 is 0 Å². The largest absolute Gasteiger partial charge is 0.472 e. The molecular formula is C29H56N2O7Si2. The minimum Gasteiger partial charge on any atom is -0.472 e. The summed E-state index contributed by atoms with van der Waals surface area (Å²) in [6.07, 6.45) is -1.09. The Morgan fingerprint density at radius 3 is 1.82 bits per heavy atom. The second-order valence-corrected chi connectivity index (χ2v) is 23.1. The average molecular weight is 601 g/mol. The van der Waals surface area contributed by atoms with Crippen LogP contribution in [0.5, 0.6) is 11.9 Å². The minimum atomic E-state index is -2.96. The van der Waals surface area contributed by atoms with Gasteiger partial charge in [-0.05, 0) is 63.7 Å². The molecule has 3 atom stereocenters. The van der Waals surface area contributed by atoms with Gasteiger partial charge in [-0.1, -0.05) is 55.4 Å². The Balaban J connectivity index is 2.51. The molecule has 0 aromatic carbocycles. The molecule has 1 aromatic rings. The molecule has 0 spiro atoms. The highest BCUT2D eigenvalue weighted by Crippen LogP contribution is 2.46.